The third-order valence-electron chi connectivity index (χ3n) is 10.4. The van der Waals surface area contributed by atoms with Crippen LogP contribution in [0.5, 0.6) is 5.75 Å². The Balaban J connectivity index is 1.17. The minimum Gasteiger partial charge on any atom is -0.465 e. The van der Waals surface area contributed by atoms with Gasteiger partial charge in [0.05, 0.1) is 6.04 Å². The van der Waals surface area contributed by atoms with E-state index in [-0.39, 0.29) is 40.2 Å². The van der Waals surface area contributed by atoms with Gasteiger partial charge in [-0.25, -0.2) is 14.6 Å². The zero-order chi connectivity index (χ0) is 38.7. The van der Waals surface area contributed by atoms with Gasteiger partial charge in [-0.3, -0.25) is 9.69 Å². The van der Waals surface area contributed by atoms with Crippen molar-refractivity contribution in [1.82, 2.24) is 35.3 Å². The minimum atomic E-state index is -4.98. The second kappa shape index (κ2) is 16.4. The number of H-pyrrole nitrogens is 1. The van der Waals surface area contributed by atoms with Gasteiger partial charge < -0.3 is 40.6 Å². The van der Waals surface area contributed by atoms with Gasteiger partial charge in [0.15, 0.2) is 0 Å². The Labute approximate surface area is 316 Å². The highest BCUT2D eigenvalue weighted by atomic mass is 35.5. The monoisotopic (exact) mass is 774 g/mol. The van der Waals surface area contributed by atoms with Gasteiger partial charge in [0.25, 0.3) is 0 Å². The first-order chi connectivity index (χ1) is 25.7. The first kappa shape index (κ1) is 39.2. The number of aromatic nitrogens is 2. The number of urea groups is 1. The molecule has 0 saturated carbocycles. The summed E-state index contributed by atoms with van der Waals surface area (Å²) in [5.41, 5.74) is 1.71. The molecular formula is C37H46ClF3N8O5. The van der Waals surface area contributed by atoms with Crippen LogP contribution >= 0.6 is 11.6 Å². The number of ether oxygens (including phenoxy) is 1. The highest BCUT2D eigenvalue weighted by molar-refractivity contribution is 6.31. The highest BCUT2D eigenvalue weighted by Gasteiger charge is 2.40. The molecule has 54 heavy (non-hydrogen) atoms. The molecule has 6 rings (SSSR count). The number of benzene rings is 2. The molecule has 3 saturated heterocycles. The zero-order valence-electron chi connectivity index (χ0n) is 30.4. The molecule has 13 nitrogen and oxygen atoms in total. The number of aromatic amines is 1. The molecule has 0 aliphatic carbocycles. The lowest BCUT2D eigenvalue weighted by molar-refractivity contribution is -0.274. The largest absolute Gasteiger partial charge is 0.573 e. The average molecular weight is 775 g/mol. The number of nitrogens with one attached hydrogen (secondary N) is 4. The van der Waals surface area contributed by atoms with Crippen LogP contribution in [0.1, 0.15) is 51.9 Å². The van der Waals surface area contributed by atoms with Crippen LogP contribution in [0.15, 0.2) is 42.5 Å². The van der Waals surface area contributed by atoms with Gasteiger partial charge >= 0.3 is 18.5 Å². The lowest BCUT2D eigenvalue weighted by atomic mass is 10.0. The normalized spacial score (nSPS) is 20.6. The first-order valence-corrected chi connectivity index (χ1v) is 18.6. The summed E-state index contributed by atoms with van der Waals surface area (Å²) in [4.78, 5) is 51.5. The van der Waals surface area contributed by atoms with Crippen LogP contribution in [-0.2, 0) is 4.79 Å². The first-order valence-electron chi connectivity index (χ1n) is 18.2. The summed E-state index contributed by atoms with van der Waals surface area (Å²) in [6.45, 7) is 10.4. The van der Waals surface area contributed by atoms with Crippen molar-refractivity contribution in [3.05, 3.63) is 53.4 Å². The fraction of sp³-hybridized carbons (Fsp3) is 0.514. The number of hydrogen-bond acceptors (Lipinski definition) is 7. The topological polar surface area (TPSA) is 155 Å². The summed E-state index contributed by atoms with van der Waals surface area (Å²) >= 11 is 6.62. The van der Waals surface area contributed by atoms with Crippen molar-refractivity contribution in [2.75, 3.05) is 51.1 Å². The molecular weight excluding hydrogens is 729 g/mol. The van der Waals surface area contributed by atoms with E-state index >= 15 is 0 Å². The van der Waals surface area contributed by atoms with Crippen molar-refractivity contribution in [3.8, 4) is 28.1 Å². The van der Waals surface area contributed by atoms with Gasteiger partial charge in [0, 0.05) is 61.6 Å². The van der Waals surface area contributed by atoms with E-state index in [1.807, 2.05) is 6.92 Å². The second-order valence-electron chi connectivity index (χ2n) is 14.6. The number of anilines is 1. The Morgan fingerprint density at radius 3 is 2.31 bits per heavy atom. The number of piperazine rings is 1. The maximum Gasteiger partial charge on any atom is 0.573 e. The number of hydrogen-bond donors (Lipinski definition) is 5. The highest BCUT2D eigenvalue weighted by Crippen LogP contribution is 2.40. The smallest absolute Gasteiger partial charge is 0.465 e. The molecule has 0 bridgehead atoms. The van der Waals surface area contributed by atoms with E-state index in [0.717, 1.165) is 39.0 Å². The lowest BCUT2D eigenvalue weighted by Crippen LogP contribution is -2.54. The SMILES string of the molecule is CC(C)[C@H](NC(=O)O)C(=O)N1C[C@@H](C)C[C@H]1c1nc(-c2ccc(-c3ccc(NC(=O)N4CCN(C5CCNCC5)CC4)cc3OC(F)(F)F)cc2)c(Cl)[nH]1. The molecule has 4 heterocycles. The number of carboxylic acid groups (broad SMARTS) is 1. The molecule has 0 radical (unpaired) electrons. The molecule has 0 unspecified atom stereocenters. The van der Waals surface area contributed by atoms with Crippen molar-refractivity contribution in [1.29, 1.82) is 0 Å². The number of amides is 4. The van der Waals surface area contributed by atoms with Gasteiger partial charge in [0.1, 0.15) is 28.5 Å². The zero-order valence-corrected chi connectivity index (χ0v) is 31.1. The lowest BCUT2D eigenvalue weighted by Gasteiger charge is -2.40. The number of imidazole rings is 1. The molecule has 292 valence electrons. The van der Waals surface area contributed by atoms with Crippen molar-refractivity contribution in [3.63, 3.8) is 0 Å². The number of carbonyl (C=O) groups excluding carboxylic acids is 2. The van der Waals surface area contributed by atoms with Crippen LogP contribution in [0.3, 0.4) is 0 Å². The Bertz CT molecular complexity index is 1810. The fourth-order valence-electron chi connectivity index (χ4n) is 7.61. The third-order valence-corrected chi connectivity index (χ3v) is 10.6. The Hall–Kier alpha value is -4.54. The summed E-state index contributed by atoms with van der Waals surface area (Å²) in [6, 6.07) is 9.46. The maximum atomic E-state index is 13.6. The predicted octanol–water partition coefficient (Wildman–Crippen LogP) is 6.40. The van der Waals surface area contributed by atoms with Crippen LogP contribution in [-0.4, -0.2) is 112 Å². The molecule has 4 amide bonds. The van der Waals surface area contributed by atoms with Crippen LogP contribution in [0.4, 0.5) is 28.4 Å². The maximum absolute atomic E-state index is 13.6. The summed E-state index contributed by atoms with van der Waals surface area (Å²) in [6.07, 6.45) is -3.55. The number of nitrogens with zero attached hydrogens (tertiary/aromatic N) is 4. The van der Waals surface area contributed by atoms with Crippen molar-refractivity contribution < 1.29 is 37.4 Å². The van der Waals surface area contributed by atoms with E-state index in [9.17, 15) is 32.7 Å². The molecule has 5 N–H and O–H groups in total. The van der Waals surface area contributed by atoms with E-state index in [1.165, 1.54) is 18.2 Å². The summed E-state index contributed by atoms with van der Waals surface area (Å²) in [5, 5.41) is 18.0. The van der Waals surface area contributed by atoms with Crippen LogP contribution < -0.4 is 20.7 Å². The van der Waals surface area contributed by atoms with E-state index in [1.54, 1.807) is 47.9 Å². The Morgan fingerprint density at radius 1 is 1.02 bits per heavy atom. The van der Waals surface area contributed by atoms with Gasteiger partial charge in [-0.2, -0.15) is 0 Å². The molecule has 3 aromatic rings. The van der Waals surface area contributed by atoms with Gasteiger partial charge in [-0.15, -0.1) is 13.2 Å². The second-order valence-corrected chi connectivity index (χ2v) is 15.0. The molecule has 2 aromatic carbocycles. The standard InChI is InChI=1S/C37H46ClF3N8O5/c1-21(2)30(45-36(52)53)34(50)49-20-22(3)18-28(49)33-44-31(32(38)46-33)24-6-4-23(5-7-24)27-9-8-25(19-29(27)54-37(39,40)41)43-35(51)48-16-14-47(15-17-48)26-10-12-42-13-11-26/h4-9,19,21-22,26,28,30,42,45H,10-18,20H2,1-3H3,(H,43,51)(H,44,46)(H,52,53)/t22-,28-,30-/m0/s1. The predicted molar refractivity (Wildman–Crippen MR) is 197 cm³/mol. The molecule has 3 aliphatic heterocycles. The Morgan fingerprint density at radius 2 is 1.69 bits per heavy atom. The molecule has 17 heteroatoms. The Kier molecular flexibility index (Phi) is 11.9. The molecule has 3 aliphatic rings. The van der Waals surface area contributed by atoms with E-state index < -0.39 is 30.3 Å². The van der Waals surface area contributed by atoms with Gasteiger partial charge in [-0.05, 0) is 61.9 Å². The van der Waals surface area contributed by atoms with E-state index in [2.05, 4.69) is 30.6 Å². The van der Waals surface area contributed by atoms with Crippen molar-refractivity contribution in [2.24, 2.45) is 11.8 Å². The van der Waals surface area contributed by atoms with E-state index in [4.69, 9.17) is 16.6 Å². The van der Waals surface area contributed by atoms with E-state index in [0.29, 0.717) is 54.7 Å². The van der Waals surface area contributed by atoms with Crippen LogP contribution in [0, 0.1) is 11.8 Å². The average Bonchev–Trinajstić information content (AvgIpc) is 3.72. The quantitative estimate of drug-likeness (QED) is 0.167. The number of carbonyl (C=O) groups is 3. The molecule has 0 spiro atoms. The summed E-state index contributed by atoms with van der Waals surface area (Å²) in [7, 11) is 0. The minimum absolute atomic E-state index is 0.121. The molecule has 3 atom stereocenters. The van der Waals surface area contributed by atoms with Crippen molar-refractivity contribution >= 4 is 35.3 Å². The molecule has 3 fully saturated rings. The number of halogens is 4. The fourth-order valence-corrected chi connectivity index (χ4v) is 7.86. The third kappa shape index (κ3) is 9.21. The number of alkyl halides is 3. The van der Waals surface area contributed by atoms with Gasteiger partial charge in [0.2, 0.25) is 5.91 Å². The summed E-state index contributed by atoms with van der Waals surface area (Å²) in [5.74, 6) is -0.547. The summed E-state index contributed by atoms with van der Waals surface area (Å²) < 4.78 is 45.3. The van der Waals surface area contributed by atoms with Crippen molar-refractivity contribution in [2.45, 2.75) is 64.5 Å². The van der Waals surface area contributed by atoms with Crippen LogP contribution in [0.25, 0.3) is 22.4 Å². The number of piperidine rings is 1. The van der Waals surface area contributed by atoms with Crippen LogP contribution in [0.2, 0.25) is 5.15 Å². The number of rotatable bonds is 9. The van der Waals surface area contributed by atoms with Gasteiger partial charge in [-0.1, -0.05) is 56.6 Å². The molecule has 1 aromatic heterocycles. The number of likely N-dealkylation sites (tertiary alicyclic amines) is 1.